The Kier molecular flexibility index (Phi) is 4.10. The van der Waals surface area contributed by atoms with Crippen LogP contribution in [-0.4, -0.2) is 53.5 Å². The smallest absolute Gasteiger partial charge is 0.293 e. The van der Waals surface area contributed by atoms with Gasteiger partial charge in [0.1, 0.15) is 18.8 Å². The van der Waals surface area contributed by atoms with E-state index in [0.717, 1.165) is 31.3 Å². The largest absolute Gasteiger partial charge is 0.461 e. The number of ether oxygens (including phenoxy) is 2. The average Bonchev–Trinajstić information content (AvgIpc) is 3.37. The van der Waals surface area contributed by atoms with Crippen LogP contribution in [0.5, 0.6) is 0 Å². The van der Waals surface area contributed by atoms with Crippen LogP contribution in [0.15, 0.2) is 11.6 Å². The van der Waals surface area contributed by atoms with Crippen LogP contribution in [0.1, 0.15) is 46.0 Å². The van der Waals surface area contributed by atoms with Crippen LogP contribution >= 0.6 is 0 Å². The summed E-state index contributed by atoms with van der Waals surface area (Å²) < 4.78 is 11.3. The maximum absolute atomic E-state index is 12.4. The van der Waals surface area contributed by atoms with Crippen molar-refractivity contribution < 1.29 is 29.3 Å². The van der Waals surface area contributed by atoms with Crippen molar-refractivity contribution in [3.8, 4) is 0 Å². The third-order valence-corrected chi connectivity index (χ3v) is 8.09. The fraction of sp³-hybridized carbons (Fsp3) is 0.800. The van der Waals surface area contributed by atoms with Gasteiger partial charge in [0, 0.05) is 0 Å². The normalized spacial score (nSPS) is 49.2. The Labute approximate surface area is 153 Å². The average molecular weight is 364 g/mol. The van der Waals surface area contributed by atoms with Crippen molar-refractivity contribution in [2.75, 3.05) is 13.2 Å². The summed E-state index contributed by atoms with van der Waals surface area (Å²) in [6.07, 6.45) is 5.59. The van der Waals surface area contributed by atoms with E-state index in [0.29, 0.717) is 18.8 Å². The van der Waals surface area contributed by atoms with Crippen molar-refractivity contribution in [1.82, 2.24) is 0 Å². The SMILES string of the molecule is C[C@@]12C[C@@H](OC=O)[C@@]3(C(=O)CO)O[C@H]3[C@@H]1CC[C@]1(C)C(CO)=CCC[C@@H]21. The highest BCUT2D eigenvalue weighted by molar-refractivity contribution is 5.93. The number of epoxide rings is 1. The van der Waals surface area contributed by atoms with E-state index >= 15 is 0 Å². The van der Waals surface area contributed by atoms with Crippen LogP contribution in [-0.2, 0) is 19.1 Å². The van der Waals surface area contributed by atoms with Crippen molar-refractivity contribution in [1.29, 1.82) is 0 Å². The van der Waals surface area contributed by atoms with Gasteiger partial charge < -0.3 is 19.7 Å². The van der Waals surface area contributed by atoms with Crippen LogP contribution < -0.4 is 0 Å². The highest BCUT2D eigenvalue weighted by atomic mass is 16.7. The Balaban J connectivity index is 1.73. The summed E-state index contributed by atoms with van der Waals surface area (Å²) in [5.41, 5.74) is -0.255. The van der Waals surface area contributed by atoms with Crippen molar-refractivity contribution in [2.24, 2.45) is 22.7 Å². The molecule has 2 N–H and O–H groups in total. The lowest BCUT2D eigenvalue weighted by Crippen LogP contribution is -2.60. The van der Waals surface area contributed by atoms with Crippen molar-refractivity contribution in [3.05, 3.63) is 11.6 Å². The Hall–Kier alpha value is -1.24. The number of hydrogen-bond acceptors (Lipinski definition) is 6. The Morgan fingerprint density at radius 2 is 2.15 bits per heavy atom. The summed E-state index contributed by atoms with van der Waals surface area (Å²) in [4.78, 5) is 23.5. The molecule has 1 aliphatic heterocycles. The van der Waals surface area contributed by atoms with Crippen LogP contribution in [0, 0.1) is 22.7 Å². The number of hydrogen-bond donors (Lipinski definition) is 2. The first-order chi connectivity index (χ1) is 12.4. The van der Waals surface area contributed by atoms with E-state index in [1.165, 1.54) is 0 Å². The first kappa shape index (κ1) is 18.1. The van der Waals surface area contributed by atoms with Gasteiger partial charge in [-0.25, -0.2) is 0 Å². The topological polar surface area (TPSA) is 96.4 Å². The van der Waals surface area contributed by atoms with Gasteiger partial charge in [-0.3, -0.25) is 9.59 Å². The van der Waals surface area contributed by atoms with Crippen LogP contribution in [0.2, 0.25) is 0 Å². The second-order valence-corrected chi connectivity index (χ2v) is 8.92. The first-order valence-electron chi connectivity index (χ1n) is 9.60. The fourth-order valence-corrected chi connectivity index (χ4v) is 6.78. The zero-order valence-corrected chi connectivity index (χ0v) is 15.4. The molecule has 0 aromatic rings. The van der Waals surface area contributed by atoms with Crippen molar-refractivity contribution in [3.63, 3.8) is 0 Å². The molecule has 144 valence electrons. The van der Waals surface area contributed by atoms with E-state index < -0.39 is 18.3 Å². The molecule has 1 heterocycles. The second-order valence-electron chi connectivity index (χ2n) is 8.92. The molecule has 3 aliphatic carbocycles. The van der Waals surface area contributed by atoms with Gasteiger partial charge in [0.2, 0.25) is 0 Å². The lowest BCUT2D eigenvalue weighted by Gasteiger charge is -2.60. The molecule has 0 amide bonds. The summed E-state index contributed by atoms with van der Waals surface area (Å²) in [6, 6.07) is 0. The molecule has 26 heavy (non-hydrogen) atoms. The zero-order valence-electron chi connectivity index (χ0n) is 15.4. The van der Waals surface area contributed by atoms with Gasteiger partial charge in [0.05, 0.1) is 6.61 Å². The summed E-state index contributed by atoms with van der Waals surface area (Å²) in [5, 5.41) is 19.3. The summed E-state index contributed by atoms with van der Waals surface area (Å²) in [7, 11) is 0. The Bertz CT molecular complexity index is 659. The number of carbonyl (C=O) groups excluding carboxylic acids is 2. The van der Waals surface area contributed by atoms with E-state index in [1.807, 2.05) is 0 Å². The monoisotopic (exact) mass is 364 g/mol. The summed E-state index contributed by atoms with van der Waals surface area (Å²) in [5.74, 6) is 0.148. The molecule has 0 aromatic carbocycles. The highest BCUT2D eigenvalue weighted by Gasteiger charge is 2.77. The molecule has 0 aromatic heterocycles. The molecule has 6 nitrogen and oxygen atoms in total. The Morgan fingerprint density at radius 1 is 1.38 bits per heavy atom. The standard InChI is InChI=1S/C20H28O6/c1-18-7-6-13-17-20(26-17,15(24)10-22)16(25-11-23)8-19(13,2)14(18)5-3-4-12(18)9-21/h4,11,13-14,16-17,21-22H,3,5-10H2,1-2H3/t13-,14+,16+,17-,18+,19+,20+/m0/s1. The van der Waals surface area contributed by atoms with Gasteiger partial charge in [0.25, 0.3) is 6.47 Å². The van der Waals surface area contributed by atoms with Gasteiger partial charge >= 0.3 is 0 Å². The molecule has 0 bridgehead atoms. The number of rotatable bonds is 5. The van der Waals surface area contributed by atoms with E-state index in [-0.39, 0.29) is 35.2 Å². The molecule has 4 aliphatic rings. The molecular formula is C20H28O6. The number of Topliss-reactive ketones (excluding diaryl/α,β-unsaturated/α-hetero) is 1. The molecule has 0 radical (unpaired) electrons. The molecule has 1 saturated heterocycles. The van der Waals surface area contributed by atoms with Gasteiger partial charge in [0.15, 0.2) is 11.4 Å². The molecule has 6 heteroatoms. The predicted molar refractivity (Wildman–Crippen MR) is 92.1 cm³/mol. The third kappa shape index (κ3) is 2.09. The van der Waals surface area contributed by atoms with Crippen LogP contribution in [0.25, 0.3) is 0 Å². The minimum atomic E-state index is -1.15. The van der Waals surface area contributed by atoms with E-state index in [1.54, 1.807) is 0 Å². The summed E-state index contributed by atoms with van der Waals surface area (Å²) >= 11 is 0. The van der Waals surface area contributed by atoms with Crippen LogP contribution in [0.4, 0.5) is 0 Å². The minimum Gasteiger partial charge on any atom is -0.461 e. The van der Waals surface area contributed by atoms with Gasteiger partial charge in [-0.05, 0) is 60.3 Å². The molecule has 3 fully saturated rings. The summed E-state index contributed by atoms with van der Waals surface area (Å²) in [6.45, 7) is 4.34. The molecule has 2 saturated carbocycles. The maximum Gasteiger partial charge on any atom is 0.293 e. The molecule has 0 spiro atoms. The predicted octanol–water partition coefficient (Wildman–Crippen LogP) is 1.38. The van der Waals surface area contributed by atoms with Crippen LogP contribution in [0.3, 0.4) is 0 Å². The number of carbonyl (C=O) groups is 2. The fourth-order valence-electron chi connectivity index (χ4n) is 6.78. The highest BCUT2D eigenvalue weighted by Crippen LogP contribution is 2.69. The number of ketones is 1. The van der Waals surface area contributed by atoms with Gasteiger partial charge in [-0.15, -0.1) is 0 Å². The van der Waals surface area contributed by atoms with Crippen molar-refractivity contribution in [2.45, 2.75) is 63.8 Å². The second kappa shape index (κ2) is 5.88. The third-order valence-electron chi connectivity index (χ3n) is 8.09. The van der Waals surface area contributed by atoms with E-state index in [4.69, 9.17) is 9.47 Å². The molecule has 0 unspecified atom stereocenters. The lowest BCUT2D eigenvalue weighted by molar-refractivity contribution is -0.155. The van der Waals surface area contributed by atoms with Crippen molar-refractivity contribution >= 4 is 12.3 Å². The maximum atomic E-state index is 12.4. The molecule has 4 rings (SSSR count). The molecule has 7 atom stereocenters. The Morgan fingerprint density at radius 3 is 2.81 bits per heavy atom. The quantitative estimate of drug-likeness (QED) is 0.435. The zero-order chi connectivity index (χ0) is 18.7. The number of aliphatic hydroxyl groups excluding tert-OH is 2. The number of allylic oxidation sites excluding steroid dienone is 1. The van der Waals surface area contributed by atoms with Gasteiger partial charge in [-0.1, -0.05) is 19.9 Å². The van der Waals surface area contributed by atoms with Gasteiger partial charge in [-0.2, -0.15) is 0 Å². The minimum absolute atomic E-state index is 0.0696. The first-order valence-corrected chi connectivity index (χ1v) is 9.60. The molecular weight excluding hydrogens is 336 g/mol. The lowest BCUT2D eigenvalue weighted by atomic mass is 9.43. The van der Waals surface area contributed by atoms with E-state index in [9.17, 15) is 19.8 Å². The number of aliphatic hydroxyl groups is 2. The number of fused-ring (bicyclic) bond motifs is 5. The van der Waals surface area contributed by atoms with E-state index in [2.05, 4.69) is 19.9 Å².